The molecule has 1 N–H and O–H groups in total. The van der Waals surface area contributed by atoms with E-state index in [0.29, 0.717) is 18.0 Å². The molecule has 2 aromatic heterocycles. The molecule has 7 heteroatoms. The number of rotatable bonds is 6. The van der Waals surface area contributed by atoms with Crippen molar-refractivity contribution in [1.29, 1.82) is 0 Å². The third-order valence-electron chi connectivity index (χ3n) is 3.17. The number of aromatic nitrogens is 3. The molecule has 0 fully saturated rings. The molecule has 6 nitrogen and oxygen atoms in total. The van der Waals surface area contributed by atoms with E-state index in [0.717, 1.165) is 11.3 Å². The van der Waals surface area contributed by atoms with E-state index in [2.05, 4.69) is 15.6 Å². The van der Waals surface area contributed by atoms with E-state index >= 15 is 0 Å². The van der Waals surface area contributed by atoms with E-state index in [-0.39, 0.29) is 12.5 Å². The highest BCUT2D eigenvalue weighted by Crippen LogP contribution is 2.12. The lowest BCUT2D eigenvalue weighted by Gasteiger charge is -2.06. The Bertz CT molecular complexity index is 766. The normalized spacial score (nSPS) is 10.5. The van der Waals surface area contributed by atoms with Gasteiger partial charge in [0.2, 0.25) is 0 Å². The Morgan fingerprint density at radius 1 is 1.30 bits per heavy atom. The molecule has 0 unspecified atom stereocenters. The summed E-state index contributed by atoms with van der Waals surface area (Å²) in [7, 11) is 0. The zero-order valence-electron chi connectivity index (χ0n) is 12.6. The van der Waals surface area contributed by atoms with Crippen LogP contribution in [0.3, 0.4) is 0 Å². The van der Waals surface area contributed by atoms with Crippen LogP contribution in [0.2, 0.25) is 0 Å². The van der Waals surface area contributed by atoms with Crippen LogP contribution in [0, 0.1) is 6.92 Å². The van der Waals surface area contributed by atoms with Crippen LogP contribution in [-0.4, -0.2) is 27.5 Å². The zero-order valence-corrected chi connectivity index (χ0v) is 13.4. The van der Waals surface area contributed by atoms with Gasteiger partial charge in [0.05, 0.1) is 18.4 Å². The van der Waals surface area contributed by atoms with Crippen LogP contribution < -0.4 is 10.1 Å². The van der Waals surface area contributed by atoms with Gasteiger partial charge in [0.1, 0.15) is 11.4 Å². The van der Waals surface area contributed by atoms with E-state index < -0.39 is 0 Å². The standard InChI is InChI=1S/C16H16N4O2S/c1-12-2-4-15(5-3-12)22-10-16(21)17-8-13-9-20(19-18-13)14-6-7-23-11-14/h2-7,9,11H,8,10H2,1H3,(H,17,21). The van der Waals surface area contributed by atoms with Crippen molar-refractivity contribution in [3.63, 3.8) is 0 Å². The minimum atomic E-state index is -0.198. The first-order valence-corrected chi connectivity index (χ1v) is 8.05. The molecule has 0 saturated carbocycles. The van der Waals surface area contributed by atoms with Gasteiger partial charge in [-0.1, -0.05) is 22.9 Å². The highest BCUT2D eigenvalue weighted by atomic mass is 32.1. The van der Waals surface area contributed by atoms with Crippen molar-refractivity contribution in [2.24, 2.45) is 0 Å². The predicted molar refractivity (Wildman–Crippen MR) is 87.8 cm³/mol. The Hall–Kier alpha value is -2.67. The van der Waals surface area contributed by atoms with Gasteiger partial charge in [0, 0.05) is 5.38 Å². The van der Waals surface area contributed by atoms with Crippen LogP contribution in [0.25, 0.3) is 5.69 Å². The summed E-state index contributed by atoms with van der Waals surface area (Å²) in [6, 6.07) is 9.52. The zero-order chi connectivity index (χ0) is 16.1. The van der Waals surface area contributed by atoms with E-state index in [1.165, 1.54) is 0 Å². The largest absolute Gasteiger partial charge is 0.484 e. The average molecular weight is 328 g/mol. The molecule has 2 heterocycles. The van der Waals surface area contributed by atoms with Crippen LogP contribution in [0.15, 0.2) is 47.3 Å². The Balaban J connectivity index is 1.46. The maximum Gasteiger partial charge on any atom is 0.258 e. The minimum Gasteiger partial charge on any atom is -0.484 e. The summed E-state index contributed by atoms with van der Waals surface area (Å²) in [5, 5.41) is 14.8. The molecule has 0 bridgehead atoms. The number of aryl methyl sites for hydroxylation is 1. The van der Waals surface area contributed by atoms with Crippen molar-refractivity contribution >= 4 is 17.2 Å². The van der Waals surface area contributed by atoms with Gasteiger partial charge in [-0.3, -0.25) is 4.79 Å². The summed E-state index contributed by atoms with van der Waals surface area (Å²) >= 11 is 1.59. The lowest BCUT2D eigenvalue weighted by atomic mass is 10.2. The molecule has 3 aromatic rings. The maximum atomic E-state index is 11.8. The van der Waals surface area contributed by atoms with Gasteiger partial charge < -0.3 is 10.1 Å². The van der Waals surface area contributed by atoms with Gasteiger partial charge in [-0.15, -0.1) is 5.10 Å². The molecule has 1 amide bonds. The fourth-order valence-corrected chi connectivity index (χ4v) is 2.54. The first-order chi connectivity index (χ1) is 11.2. The van der Waals surface area contributed by atoms with Gasteiger partial charge >= 0.3 is 0 Å². The molecule has 0 radical (unpaired) electrons. The predicted octanol–water partition coefficient (Wildman–Crippen LogP) is 2.33. The molecule has 0 saturated heterocycles. The third-order valence-corrected chi connectivity index (χ3v) is 3.84. The second-order valence-electron chi connectivity index (χ2n) is 5.01. The number of thiophene rings is 1. The van der Waals surface area contributed by atoms with Gasteiger partial charge in [0.15, 0.2) is 6.61 Å². The van der Waals surface area contributed by atoms with Crippen molar-refractivity contribution in [2.45, 2.75) is 13.5 Å². The average Bonchev–Trinajstić information content (AvgIpc) is 3.23. The summed E-state index contributed by atoms with van der Waals surface area (Å²) in [4.78, 5) is 11.8. The Morgan fingerprint density at radius 2 is 2.13 bits per heavy atom. The van der Waals surface area contributed by atoms with Crippen LogP contribution in [0.1, 0.15) is 11.3 Å². The van der Waals surface area contributed by atoms with Crippen LogP contribution in [0.5, 0.6) is 5.75 Å². The minimum absolute atomic E-state index is 0.0261. The Morgan fingerprint density at radius 3 is 2.87 bits per heavy atom. The van der Waals surface area contributed by atoms with Crippen molar-refractivity contribution in [1.82, 2.24) is 20.3 Å². The first kappa shape index (κ1) is 15.2. The lowest BCUT2D eigenvalue weighted by Crippen LogP contribution is -2.28. The smallest absolute Gasteiger partial charge is 0.258 e. The fraction of sp³-hybridized carbons (Fsp3) is 0.188. The van der Waals surface area contributed by atoms with Crippen molar-refractivity contribution in [3.8, 4) is 11.4 Å². The molecular weight excluding hydrogens is 312 g/mol. The topological polar surface area (TPSA) is 69.0 Å². The lowest BCUT2D eigenvalue weighted by molar-refractivity contribution is -0.123. The fourth-order valence-electron chi connectivity index (χ4n) is 1.92. The first-order valence-electron chi connectivity index (χ1n) is 7.11. The number of hydrogen-bond acceptors (Lipinski definition) is 5. The molecule has 0 atom stereocenters. The second-order valence-corrected chi connectivity index (χ2v) is 5.79. The van der Waals surface area contributed by atoms with Crippen LogP contribution in [-0.2, 0) is 11.3 Å². The summed E-state index contributed by atoms with van der Waals surface area (Å²) in [5.74, 6) is 0.477. The van der Waals surface area contributed by atoms with Gasteiger partial charge in [-0.2, -0.15) is 11.3 Å². The molecule has 0 aliphatic rings. The molecule has 0 spiro atoms. The SMILES string of the molecule is Cc1ccc(OCC(=O)NCc2cn(-c3ccsc3)nn2)cc1. The summed E-state index contributed by atoms with van der Waals surface area (Å²) in [6.07, 6.45) is 1.79. The van der Waals surface area contributed by atoms with Gasteiger partial charge in [-0.05, 0) is 30.5 Å². The number of amides is 1. The summed E-state index contributed by atoms with van der Waals surface area (Å²) in [6.45, 7) is 2.29. The van der Waals surface area contributed by atoms with E-state index in [1.54, 1.807) is 22.2 Å². The van der Waals surface area contributed by atoms with E-state index in [4.69, 9.17) is 4.74 Å². The van der Waals surface area contributed by atoms with Crippen LogP contribution in [0.4, 0.5) is 0 Å². The summed E-state index contributed by atoms with van der Waals surface area (Å²) < 4.78 is 7.10. The highest BCUT2D eigenvalue weighted by molar-refractivity contribution is 7.08. The van der Waals surface area contributed by atoms with Crippen molar-refractivity contribution < 1.29 is 9.53 Å². The highest BCUT2D eigenvalue weighted by Gasteiger charge is 2.06. The number of ether oxygens (including phenoxy) is 1. The molecular formula is C16H16N4O2S. The van der Waals surface area contributed by atoms with Crippen LogP contribution >= 0.6 is 11.3 Å². The molecule has 3 rings (SSSR count). The van der Waals surface area contributed by atoms with E-state index in [9.17, 15) is 4.79 Å². The number of nitrogens with zero attached hydrogens (tertiary/aromatic N) is 3. The monoisotopic (exact) mass is 328 g/mol. The van der Waals surface area contributed by atoms with Gasteiger partial charge in [-0.25, -0.2) is 4.68 Å². The molecule has 23 heavy (non-hydrogen) atoms. The second kappa shape index (κ2) is 7.06. The summed E-state index contributed by atoms with van der Waals surface area (Å²) in [5.41, 5.74) is 2.80. The van der Waals surface area contributed by atoms with E-state index in [1.807, 2.05) is 48.0 Å². The third kappa shape index (κ3) is 4.17. The van der Waals surface area contributed by atoms with Gasteiger partial charge in [0.25, 0.3) is 5.91 Å². The Labute approximate surface area is 137 Å². The van der Waals surface area contributed by atoms with Crippen molar-refractivity contribution in [2.75, 3.05) is 6.61 Å². The number of carbonyl (C=O) groups is 1. The number of benzene rings is 1. The number of nitrogens with one attached hydrogen (secondary N) is 1. The quantitative estimate of drug-likeness (QED) is 0.754. The number of hydrogen-bond donors (Lipinski definition) is 1. The maximum absolute atomic E-state index is 11.8. The molecule has 0 aliphatic carbocycles. The van der Waals surface area contributed by atoms with Crippen molar-refractivity contribution in [3.05, 3.63) is 58.5 Å². The Kier molecular flexibility index (Phi) is 4.68. The molecule has 118 valence electrons. The molecule has 0 aliphatic heterocycles. The number of carbonyl (C=O) groups excluding carboxylic acids is 1. The molecule has 1 aromatic carbocycles.